The van der Waals surface area contributed by atoms with E-state index >= 15 is 0 Å². The summed E-state index contributed by atoms with van der Waals surface area (Å²) in [5.74, 6) is 0.832. The highest BCUT2D eigenvalue weighted by Crippen LogP contribution is 2.40. The Hall–Kier alpha value is -3.55. The summed E-state index contributed by atoms with van der Waals surface area (Å²) in [5, 5.41) is 2.97. The number of carbonyl (C=O) groups is 3. The van der Waals surface area contributed by atoms with Crippen molar-refractivity contribution in [2.45, 2.75) is 38.1 Å². The fourth-order valence-corrected chi connectivity index (χ4v) is 4.95. The zero-order valence-electron chi connectivity index (χ0n) is 20.4. The fraction of sp³-hybridized carbons (Fsp3) is 0.444. The molecule has 186 valence electrons. The Labute approximate surface area is 206 Å². The third kappa shape index (κ3) is 5.58. The molecule has 0 saturated carbocycles. The molecule has 2 fully saturated rings. The van der Waals surface area contributed by atoms with Gasteiger partial charge in [-0.2, -0.15) is 0 Å². The minimum Gasteiger partial charge on any atom is -0.497 e. The lowest BCUT2D eigenvalue weighted by atomic mass is 9.83. The molecule has 0 bridgehead atoms. The van der Waals surface area contributed by atoms with Crippen LogP contribution >= 0.6 is 0 Å². The minimum absolute atomic E-state index is 0.0377. The van der Waals surface area contributed by atoms with E-state index in [2.05, 4.69) is 5.32 Å². The van der Waals surface area contributed by atoms with Crippen LogP contribution in [0.1, 0.15) is 43.7 Å². The van der Waals surface area contributed by atoms with E-state index in [1.807, 2.05) is 41.3 Å². The largest absolute Gasteiger partial charge is 0.497 e. The van der Waals surface area contributed by atoms with E-state index < -0.39 is 12.0 Å². The van der Waals surface area contributed by atoms with E-state index in [0.717, 1.165) is 31.5 Å². The number of nitrogens with one attached hydrogen (secondary N) is 1. The highest BCUT2D eigenvalue weighted by molar-refractivity contribution is 5.97. The number of methoxy groups -OCH3 is 2. The van der Waals surface area contributed by atoms with Crippen molar-refractivity contribution in [3.63, 3.8) is 0 Å². The summed E-state index contributed by atoms with van der Waals surface area (Å²) in [6.07, 6.45) is 3.07. The Morgan fingerprint density at radius 3 is 2.14 bits per heavy atom. The van der Waals surface area contributed by atoms with Crippen molar-refractivity contribution in [3.8, 4) is 11.5 Å². The Morgan fingerprint density at radius 2 is 1.54 bits per heavy atom. The molecule has 2 saturated heterocycles. The van der Waals surface area contributed by atoms with Crippen LogP contribution in [-0.2, 0) is 14.4 Å². The van der Waals surface area contributed by atoms with Crippen LogP contribution in [-0.4, -0.2) is 56.5 Å². The maximum atomic E-state index is 13.4. The Kier molecular flexibility index (Phi) is 7.90. The number of benzene rings is 2. The molecule has 8 nitrogen and oxygen atoms in total. The van der Waals surface area contributed by atoms with E-state index in [4.69, 9.17) is 9.47 Å². The van der Waals surface area contributed by atoms with Crippen molar-refractivity contribution in [2.75, 3.05) is 38.8 Å². The third-order valence-electron chi connectivity index (χ3n) is 6.84. The number of carbonyl (C=O) groups excluding carboxylic acids is 3. The fourth-order valence-electron chi connectivity index (χ4n) is 4.95. The second kappa shape index (κ2) is 11.3. The van der Waals surface area contributed by atoms with Crippen molar-refractivity contribution >= 4 is 23.4 Å². The molecule has 0 aliphatic carbocycles. The first-order valence-electron chi connectivity index (χ1n) is 12.2. The molecule has 1 N–H and O–H groups in total. The standard InChI is InChI=1S/C27H33N3O5/c1-34-21-9-5-19(6-10-21)26-23(27(33)28-16-15-24(31)29-17-3-4-18-29)13-14-25(32)30(26)20-7-11-22(35-2)12-8-20/h5-12,23,26H,3-4,13-18H2,1-2H3,(H,28,33). The summed E-state index contributed by atoms with van der Waals surface area (Å²) in [5.41, 5.74) is 1.56. The van der Waals surface area contributed by atoms with Crippen molar-refractivity contribution in [1.82, 2.24) is 10.2 Å². The first-order valence-corrected chi connectivity index (χ1v) is 12.2. The van der Waals surface area contributed by atoms with Gasteiger partial charge >= 0.3 is 0 Å². The molecule has 0 spiro atoms. The molecule has 0 aromatic heterocycles. The van der Waals surface area contributed by atoms with Crippen molar-refractivity contribution in [3.05, 3.63) is 54.1 Å². The molecular weight excluding hydrogens is 446 g/mol. The molecule has 0 radical (unpaired) electrons. The smallest absolute Gasteiger partial charge is 0.227 e. The molecule has 4 rings (SSSR count). The SMILES string of the molecule is COc1ccc(C2C(C(=O)NCCC(=O)N3CCCC3)CCC(=O)N2c2ccc(OC)cc2)cc1. The van der Waals surface area contributed by atoms with E-state index in [1.165, 1.54) is 0 Å². The maximum Gasteiger partial charge on any atom is 0.227 e. The van der Waals surface area contributed by atoms with Crippen LogP contribution in [0.2, 0.25) is 0 Å². The van der Waals surface area contributed by atoms with Crippen molar-refractivity contribution in [1.29, 1.82) is 0 Å². The van der Waals surface area contributed by atoms with Crippen molar-refractivity contribution in [2.24, 2.45) is 5.92 Å². The van der Waals surface area contributed by atoms with Crippen LogP contribution in [0.3, 0.4) is 0 Å². The van der Waals surface area contributed by atoms with E-state index in [0.29, 0.717) is 23.6 Å². The number of rotatable bonds is 8. The predicted octanol–water partition coefficient (Wildman–Crippen LogP) is 3.32. The average Bonchev–Trinajstić information content (AvgIpc) is 3.44. The normalized spacial score (nSPS) is 20.0. The minimum atomic E-state index is -0.482. The molecule has 2 unspecified atom stereocenters. The molecule has 2 aromatic carbocycles. The Morgan fingerprint density at radius 1 is 0.943 bits per heavy atom. The first kappa shape index (κ1) is 24.6. The molecule has 8 heteroatoms. The van der Waals surface area contributed by atoms with Gasteiger partial charge in [0.15, 0.2) is 0 Å². The van der Waals surface area contributed by atoms with Gasteiger partial charge in [0.05, 0.1) is 26.2 Å². The molecule has 35 heavy (non-hydrogen) atoms. The number of ether oxygens (including phenoxy) is 2. The molecule has 2 heterocycles. The highest BCUT2D eigenvalue weighted by Gasteiger charge is 2.41. The van der Waals surface area contributed by atoms with Crippen molar-refractivity contribution < 1.29 is 23.9 Å². The lowest BCUT2D eigenvalue weighted by Crippen LogP contribution is -2.48. The predicted molar refractivity (Wildman–Crippen MR) is 132 cm³/mol. The second-order valence-corrected chi connectivity index (χ2v) is 8.95. The van der Waals surface area contributed by atoms with Crippen LogP contribution in [0.4, 0.5) is 5.69 Å². The third-order valence-corrected chi connectivity index (χ3v) is 6.84. The lowest BCUT2D eigenvalue weighted by molar-refractivity contribution is -0.130. The summed E-state index contributed by atoms with van der Waals surface area (Å²) < 4.78 is 10.6. The van der Waals surface area contributed by atoms with Gasteiger partial charge in [-0.1, -0.05) is 12.1 Å². The van der Waals surface area contributed by atoms with Gasteiger partial charge in [0, 0.05) is 38.2 Å². The van der Waals surface area contributed by atoms with Gasteiger partial charge < -0.3 is 24.6 Å². The van der Waals surface area contributed by atoms with Crippen LogP contribution < -0.4 is 19.7 Å². The number of hydrogen-bond donors (Lipinski definition) is 1. The zero-order chi connectivity index (χ0) is 24.8. The quantitative estimate of drug-likeness (QED) is 0.628. The van der Waals surface area contributed by atoms with E-state index in [-0.39, 0.29) is 37.1 Å². The van der Waals surface area contributed by atoms with Gasteiger partial charge in [-0.25, -0.2) is 0 Å². The Balaban J connectivity index is 1.56. The number of nitrogens with zero attached hydrogens (tertiary/aromatic N) is 2. The molecule has 2 aromatic rings. The van der Waals surface area contributed by atoms with Gasteiger partial charge in [0.25, 0.3) is 0 Å². The Bertz CT molecular complexity index is 1030. The topological polar surface area (TPSA) is 88.2 Å². The van der Waals surface area contributed by atoms with Crippen LogP contribution in [0.5, 0.6) is 11.5 Å². The number of piperidine rings is 1. The average molecular weight is 480 g/mol. The van der Waals surface area contributed by atoms with Gasteiger partial charge in [-0.3, -0.25) is 14.4 Å². The van der Waals surface area contributed by atoms with E-state index in [1.54, 1.807) is 31.3 Å². The van der Waals surface area contributed by atoms with Crippen LogP contribution in [0.25, 0.3) is 0 Å². The summed E-state index contributed by atoms with van der Waals surface area (Å²) in [4.78, 5) is 42.5. The molecule has 2 aliphatic heterocycles. The maximum absolute atomic E-state index is 13.4. The molecule has 3 amide bonds. The van der Waals surface area contributed by atoms with Crippen LogP contribution in [0.15, 0.2) is 48.5 Å². The van der Waals surface area contributed by atoms with Gasteiger partial charge in [0.1, 0.15) is 11.5 Å². The molecule has 2 aliphatic rings. The lowest BCUT2D eigenvalue weighted by Gasteiger charge is -2.41. The number of anilines is 1. The summed E-state index contributed by atoms with van der Waals surface area (Å²) in [7, 11) is 3.19. The van der Waals surface area contributed by atoms with Gasteiger partial charge in [-0.05, 0) is 61.2 Å². The first-order chi connectivity index (χ1) is 17.0. The van der Waals surface area contributed by atoms with Gasteiger partial charge in [-0.15, -0.1) is 0 Å². The summed E-state index contributed by atoms with van der Waals surface area (Å²) in [6, 6.07) is 14.3. The van der Waals surface area contributed by atoms with Crippen LogP contribution in [0, 0.1) is 5.92 Å². The molecule has 2 atom stereocenters. The zero-order valence-corrected chi connectivity index (χ0v) is 20.4. The number of amides is 3. The van der Waals surface area contributed by atoms with Gasteiger partial charge in [0.2, 0.25) is 17.7 Å². The summed E-state index contributed by atoms with van der Waals surface area (Å²) in [6.45, 7) is 1.89. The second-order valence-electron chi connectivity index (χ2n) is 8.95. The summed E-state index contributed by atoms with van der Waals surface area (Å²) >= 11 is 0. The van der Waals surface area contributed by atoms with E-state index in [9.17, 15) is 14.4 Å². The monoisotopic (exact) mass is 479 g/mol. The number of hydrogen-bond acceptors (Lipinski definition) is 5. The number of likely N-dealkylation sites (tertiary alicyclic amines) is 1. The molecular formula is C27H33N3O5. The highest BCUT2D eigenvalue weighted by atomic mass is 16.5.